The van der Waals surface area contributed by atoms with Gasteiger partial charge in [-0.1, -0.05) is 12.8 Å². The average Bonchev–Trinajstić information content (AvgIpc) is 2.72. The summed E-state index contributed by atoms with van der Waals surface area (Å²) in [4.78, 5) is 16.5. The number of hydrogen-bond donors (Lipinski definition) is 1. The maximum absolute atomic E-state index is 12.0. The summed E-state index contributed by atoms with van der Waals surface area (Å²) in [5, 5.41) is 10.3. The Morgan fingerprint density at radius 1 is 1.18 bits per heavy atom. The molecule has 1 saturated heterocycles. The molecule has 2 rings (SSSR count). The van der Waals surface area contributed by atoms with Gasteiger partial charge in [-0.15, -0.1) is 0 Å². The summed E-state index contributed by atoms with van der Waals surface area (Å²) in [6, 6.07) is 1.54. The van der Waals surface area contributed by atoms with Crippen molar-refractivity contribution in [2.45, 2.75) is 45.7 Å². The average molecular weight is 307 g/mol. The van der Waals surface area contributed by atoms with Crippen molar-refractivity contribution < 1.29 is 5.11 Å². The zero-order chi connectivity index (χ0) is 16.1. The highest BCUT2D eigenvalue weighted by molar-refractivity contribution is 5.29. The molecule has 0 spiro atoms. The van der Waals surface area contributed by atoms with Gasteiger partial charge in [-0.05, 0) is 47.0 Å². The van der Waals surface area contributed by atoms with E-state index >= 15 is 0 Å². The normalized spacial score (nSPS) is 16.9. The van der Waals surface area contributed by atoms with Gasteiger partial charge in [-0.25, -0.2) is 0 Å². The van der Waals surface area contributed by atoms with E-state index in [2.05, 4.69) is 14.4 Å². The number of likely N-dealkylation sites (N-methyl/N-ethyl adjacent to an activating group) is 1. The Kier molecular flexibility index (Phi) is 6.03. The van der Waals surface area contributed by atoms with Crippen molar-refractivity contribution in [1.29, 1.82) is 0 Å². The lowest BCUT2D eigenvalue weighted by Crippen LogP contribution is -2.29. The van der Waals surface area contributed by atoms with Crippen molar-refractivity contribution in [3.05, 3.63) is 27.7 Å². The van der Waals surface area contributed by atoms with Gasteiger partial charge in [0.1, 0.15) is 0 Å². The molecule has 5 nitrogen and oxygen atoms in total. The van der Waals surface area contributed by atoms with Gasteiger partial charge >= 0.3 is 0 Å². The molecule has 124 valence electrons. The molecule has 0 aliphatic carbocycles. The number of pyridine rings is 1. The quantitative estimate of drug-likeness (QED) is 0.901. The summed E-state index contributed by atoms with van der Waals surface area (Å²) in [6.07, 6.45) is 4.97. The van der Waals surface area contributed by atoms with Crippen molar-refractivity contribution in [2.75, 3.05) is 33.7 Å². The Labute approximate surface area is 133 Å². The van der Waals surface area contributed by atoms with Crippen LogP contribution < -0.4 is 5.43 Å². The number of aromatic hydroxyl groups is 1. The number of aryl methyl sites for hydroxylation is 1. The molecule has 5 heteroatoms. The maximum Gasteiger partial charge on any atom is 0.223 e. The van der Waals surface area contributed by atoms with E-state index in [0.717, 1.165) is 37.6 Å². The Hall–Kier alpha value is -1.33. The SMILES string of the molecule is Cc1cc(=O)c(O)c(CN2CCCCCC2)n1CCN(C)C. The van der Waals surface area contributed by atoms with Crippen LogP contribution in [0.15, 0.2) is 10.9 Å². The lowest BCUT2D eigenvalue weighted by molar-refractivity contribution is 0.260. The first-order valence-electron chi connectivity index (χ1n) is 8.28. The van der Waals surface area contributed by atoms with Crippen LogP contribution >= 0.6 is 0 Å². The minimum absolute atomic E-state index is 0.0754. The number of nitrogens with zero attached hydrogens (tertiary/aromatic N) is 3. The third kappa shape index (κ3) is 4.34. The smallest absolute Gasteiger partial charge is 0.223 e. The molecule has 0 amide bonds. The van der Waals surface area contributed by atoms with E-state index in [1.54, 1.807) is 0 Å². The topological polar surface area (TPSA) is 48.7 Å². The summed E-state index contributed by atoms with van der Waals surface area (Å²) < 4.78 is 2.10. The van der Waals surface area contributed by atoms with Crippen LogP contribution in [-0.2, 0) is 13.1 Å². The van der Waals surface area contributed by atoms with Crippen LogP contribution in [0.3, 0.4) is 0 Å². The van der Waals surface area contributed by atoms with Crippen LogP contribution in [0.2, 0.25) is 0 Å². The van der Waals surface area contributed by atoms with Crippen LogP contribution in [0.5, 0.6) is 5.75 Å². The lowest BCUT2D eigenvalue weighted by atomic mass is 10.2. The van der Waals surface area contributed by atoms with E-state index in [1.165, 1.54) is 31.7 Å². The fourth-order valence-corrected chi connectivity index (χ4v) is 3.10. The van der Waals surface area contributed by atoms with Gasteiger partial charge in [0.2, 0.25) is 5.43 Å². The predicted octanol–water partition coefficient (Wildman–Crippen LogP) is 1.80. The Balaban J connectivity index is 2.27. The highest BCUT2D eigenvalue weighted by Crippen LogP contribution is 2.19. The second-order valence-electron chi connectivity index (χ2n) is 6.59. The van der Waals surface area contributed by atoms with Gasteiger partial charge in [0.25, 0.3) is 0 Å². The molecule has 1 aliphatic rings. The summed E-state index contributed by atoms with van der Waals surface area (Å²) >= 11 is 0. The summed E-state index contributed by atoms with van der Waals surface area (Å²) in [5.41, 5.74) is 1.44. The monoisotopic (exact) mass is 307 g/mol. The first-order valence-corrected chi connectivity index (χ1v) is 8.28. The van der Waals surface area contributed by atoms with Crippen molar-refractivity contribution in [1.82, 2.24) is 14.4 Å². The van der Waals surface area contributed by atoms with Crippen LogP contribution in [0.4, 0.5) is 0 Å². The Morgan fingerprint density at radius 3 is 2.41 bits per heavy atom. The number of likely N-dealkylation sites (tertiary alicyclic amines) is 1. The van der Waals surface area contributed by atoms with Gasteiger partial charge < -0.3 is 14.6 Å². The molecule has 0 atom stereocenters. The largest absolute Gasteiger partial charge is 0.503 e. The lowest BCUT2D eigenvalue weighted by Gasteiger charge is -2.25. The highest BCUT2D eigenvalue weighted by atomic mass is 16.3. The standard InChI is InChI=1S/C17H29N3O2/c1-14-12-16(21)17(22)15(20(14)11-10-18(2)3)13-19-8-6-4-5-7-9-19/h12,22H,4-11,13H2,1-3H3. The van der Waals surface area contributed by atoms with E-state index in [4.69, 9.17) is 0 Å². The van der Waals surface area contributed by atoms with Crippen molar-refractivity contribution in [3.63, 3.8) is 0 Å². The molecule has 1 N–H and O–H groups in total. The first-order chi connectivity index (χ1) is 10.5. The van der Waals surface area contributed by atoms with E-state index in [-0.39, 0.29) is 11.2 Å². The molecule has 22 heavy (non-hydrogen) atoms. The van der Waals surface area contributed by atoms with E-state index in [0.29, 0.717) is 6.54 Å². The fraction of sp³-hybridized carbons (Fsp3) is 0.706. The number of hydrogen-bond acceptors (Lipinski definition) is 4. The zero-order valence-electron chi connectivity index (χ0n) is 14.1. The van der Waals surface area contributed by atoms with Crippen LogP contribution in [0.1, 0.15) is 37.1 Å². The van der Waals surface area contributed by atoms with Gasteiger partial charge in [0, 0.05) is 31.4 Å². The molecule has 1 aromatic heterocycles. The third-order valence-corrected chi connectivity index (χ3v) is 4.44. The number of rotatable bonds is 5. The molecule has 0 bridgehead atoms. The Morgan fingerprint density at radius 2 is 1.82 bits per heavy atom. The van der Waals surface area contributed by atoms with Crippen molar-refractivity contribution >= 4 is 0 Å². The second kappa shape index (κ2) is 7.79. The summed E-state index contributed by atoms with van der Waals surface area (Å²) in [6.45, 7) is 6.38. The van der Waals surface area contributed by atoms with Crippen LogP contribution in [-0.4, -0.2) is 53.2 Å². The fourth-order valence-electron chi connectivity index (χ4n) is 3.10. The molecule has 2 heterocycles. The van der Waals surface area contributed by atoms with E-state index in [1.807, 2.05) is 21.0 Å². The van der Waals surface area contributed by atoms with Crippen LogP contribution in [0.25, 0.3) is 0 Å². The van der Waals surface area contributed by atoms with E-state index < -0.39 is 0 Å². The van der Waals surface area contributed by atoms with Gasteiger partial charge in [0.05, 0.1) is 5.69 Å². The van der Waals surface area contributed by atoms with Crippen LogP contribution in [0, 0.1) is 6.92 Å². The minimum atomic E-state index is -0.261. The van der Waals surface area contributed by atoms with Gasteiger partial charge in [-0.3, -0.25) is 9.69 Å². The van der Waals surface area contributed by atoms with Gasteiger partial charge in [-0.2, -0.15) is 0 Å². The molecule has 1 fully saturated rings. The molecule has 0 aromatic carbocycles. The summed E-state index contributed by atoms with van der Waals surface area (Å²) in [7, 11) is 4.07. The predicted molar refractivity (Wildman–Crippen MR) is 89.4 cm³/mol. The molecule has 1 aromatic rings. The zero-order valence-corrected chi connectivity index (χ0v) is 14.1. The molecule has 0 unspecified atom stereocenters. The van der Waals surface area contributed by atoms with Crippen molar-refractivity contribution in [2.24, 2.45) is 0 Å². The molecular formula is C17H29N3O2. The molecular weight excluding hydrogens is 278 g/mol. The maximum atomic E-state index is 12.0. The minimum Gasteiger partial charge on any atom is -0.503 e. The third-order valence-electron chi connectivity index (χ3n) is 4.44. The van der Waals surface area contributed by atoms with Gasteiger partial charge in [0.15, 0.2) is 5.75 Å². The second-order valence-corrected chi connectivity index (χ2v) is 6.59. The van der Waals surface area contributed by atoms with E-state index in [9.17, 15) is 9.90 Å². The highest BCUT2D eigenvalue weighted by Gasteiger charge is 2.17. The van der Waals surface area contributed by atoms with Crippen molar-refractivity contribution in [3.8, 4) is 5.75 Å². The summed E-state index contributed by atoms with van der Waals surface area (Å²) in [5.74, 6) is -0.0754. The Bertz CT molecular complexity index is 544. The molecule has 0 saturated carbocycles. The molecule has 1 aliphatic heterocycles. The molecule has 0 radical (unpaired) electrons. The first kappa shape index (κ1) is 17.0. The number of aromatic nitrogens is 1.